The molecule has 0 amide bonds. The van der Waals surface area contributed by atoms with Crippen LogP contribution in [-0.2, 0) is 0 Å². The lowest BCUT2D eigenvalue weighted by molar-refractivity contribution is 0.246. The van der Waals surface area contributed by atoms with Crippen LogP contribution in [-0.4, -0.2) is 11.8 Å². The van der Waals surface area contributed by atoms with Crippen molar-refractivity contribution in [3.63, 3.8) is 0 Å². The van der Waals surface area contributed by atoms with Crippen LogP contribution in [0.4, 0.5) is 0 Å². The molecule has 2 rings (SSSR count). The molecule has 1 unspecified atom stereocenters. The fourth-order valence-corrected chi connectivity index (χ4v) is 3.29. The van der Waals surface area contributed by atoms with E-state index >= 15 is 0 Å². The Hall–Kier alpha value is -0.220. The minimum absolute atomic E-state index is 0.428. The summed E-state index contributed by atoms with van der Waals surface area (Å²) in [5, 5.41) is 0.797. The lowest BCUT2D eigenvalue weighted by atomic mass is 9.80. The predicted octanol–water partition coefficient (Wildman–Crippen LogP) is 3.06. The molecule has 0 bridgehead atoms. The first kappa shape index (κ1) is 12.2. The lowest BCUT2D eigenvalue weighted by Gasteiger charge is -2.33. The van der Waals surface area contributed by atoms with Crippen molar-refractivity contribution in [2.75, 3.05) is 5.75 Å². The minimum Gasteiger partial charge on any atom is -0.271 e. The molecule has 0 aliphatic heterocycles. The number of hydrazine groups is 1. The summed E-state index contributed by atoms with van der Waals surface area (Å²) < 4.78 is 0. The molecule has 1 saturated carbocycles. The molecule has 1 aromatic carbocycles. The Morgan fingerprint density at radius 1 is 1.50 bits per heavy atom. The number of halogens is 1. The smallest absolute Gasteiger partial charge is 0.0417 e. The van der Waals surface area contributed by atoms with Crippen LogP contribution < -0.4 is 11.3 Å². The lowest BCUT2D eigenvalue weighted by Crippen LogP contribution is -2.45. The molecule has 16 heavy (non-hydrogen) atoms. The van der Waals surface area contributed by atoms with E-state index in [2.05, 4.69) is 11.5 Å². The van der Waals surface area contributed by atoms with Gasteiger partial charge in [0.2, 0.25) is 0 Å². The quantitative estimate of drug-likeness (QED) is 0.483. The molecule has 0 heterocycles. The zero-order chi connectivity index (χ0) is 11.4. The highest BCUT2D eigenvalue weighted by molar-refractivity contribution is 7.99. The second-order valence-corrected chi connectivity index (χ2v) is 5.76. The van der Waals surface area contributed by atoms with Gasteiger partial charge >= 0.3 is 0 Å². The fraction of sp³-hybridized carbons (Fsp3) is 0.500. The molecule has 0 radical (unpaired) electrons. The molecule has 4 heteroatoms. The van der Waals surface area contributed by atoms with Gasteiger partial charge in [-0.05, 0) is 37.0 Å². The third-order valence-electron chi connectivity index (χ3n) is 3.16. The molecule has 1 fully saturated rings. The maximum absolute atomic E-state index is 5.94. The number of nitrogens with one attached hydrogen (secondary N) is 1. The summed E-state index contributed by atoms with van der Waals surface area (Å²) in [5.74, 6) is 7.36. The van der Waals surface area contributed by atoms with Crippen molar-refractivity contribution >= 4 is 23.4 Å². The molecular formula is C12H17ClN2S. The van der Waals surface area contributed by atoms with Crippen LogP contribution >= 0.6 is 23.4 Å². The monoisotopic (exact) mass is 256 g/mol. The van der Waals surface area contributed by atoms with Gasteiger partial charge in [0.25, 0.3) is 0 Å². The van der Waals surface area contributed by atoms with Crippen LogP contribution in [0.1, 0.15) is 19.3 Å². The Balaban J connectivity index is 1.85. The average Bonchev–Trinajstić information content (AvgIpc) is 2.21. The van der Waals surface area contributed by atoms with Crippen LogP contribution in [0.3, 0.4) is 0 Å². The number of benzene rings is 1. The van der Waals surface area contributed by atoms with E-state index in [0.717, 1.165) is 16.7 Å². The standard InChI is InChI=1S/C12H17ClN2S/c13-10-5-2-6-11(7-10)16-8-12(15-14)9-3-1-4-9/h2,5-7,9,12,15H,1,3-4,8,14H2. The highest BCUT2D eigenvalue weighted by atomic mass is 35.5. The summed E-state index contributed by atoms with van der Waals surface area (Å²) in [4.78, 5) is 1.21. The summed E-state index contributed by atoms with van der Waals surface area (Å²) in [6.07, 6.45) is 3.97. The highest BCUT2D eigenvalue weighted by Crippen LogP contribution is 2.32. The summed E-state index contributed by atoms with van der Waals surface area (Å²) >= 11 is 7.76. The molecule has 1 aliphatic rings. The van der Waals surface area contributed by atoms with Crippen LogP contribution in [0.15, 0.2) is 29.2 Å². The molecule has 1 aliphatic carbocycles. The third kappa shape index (κ3) is 3.14. The maximum Gasteiger partial charge on any atom is 0.0417 e. The molecule has 3 N–H and O–H groups in total. The summed E-state index contributed by atoms with van der Waals surface area (Å²) in [6.45, 7) is 0. The minimum atomic E-state index is 0.428. The summed E-state index contributed by atoms with van der Waals surface area (Å²) in [7, 11) is 0. The Labute approximate surface area is 106 Å². The Morgan fingerprint density at radius 2 is 2.31 bits per heavy atom. The molecule has 0 aromatic heterocycles. The van der Waals surface area contributed by atoms with E-state index in [1.54, 1.807) is 0 Å². The number of hydrogen-bond donors (Lipinski definition) is 2. The van der Waals surface area contributed by atoms with Gasteiger partial charge in [0, 0.05) is 21.7 Å². The average molecular weight is 257 g/mol. The van der Waals surface area contributed by atoms with Gasteiger partial charge < -0.3 is 0 Å². The van der Waals surface area contributed by atoms with E-state index in [0.29, 0.717) is 6.04 Å². The first-order chi connectivity index (χ1) is 7.79. The van der Waals surface area contributed by atoms with Crippen LogP contribution in [0.2, 0.25) is 5.02 Å². The predicted molar refractivity (Wildman–Crippen MR) is 70.6 cm³/mol. The van der Waals surface area contributed by atoms with E-state index in [-0.39, 0.29) is 0 Å². The van der Waals surface area contributed by atoms with E-state index < -0.39 is 0 Å². The summed E-state index contributed by atoms with van der Waals surface area (Å²) in [5.41, 5.74) is 2.94. The number of rotatable bonds is 5. The maximum atomic E-state index is 5.94. The van der Waals surface area contributed by atoms with Crippen LogP contribution in [0.5, 0.6) is 0 Å². The Morgan fingerprint density at radius 3 is 2.88 bits per heavy atom. The van der Waals surface area contributed by atoms with Gasteiger partial charge in [-0.25, -0.2) is 0 Å². The van der Waals surface area contributed by atoms with Gasteiger partial charge in [0.15, 0.2) is 0 Å². The molecule has 1 aromatic rings. The van der Waals surface area contributed by atoms with Gasteiger partial charge in [-0.1, -0.05) is 24.1 Å². The Kier molecular flexibility index (Phi) is 4.53. The van der Waals surface area contributed by atoms with Crippen molar-refractivity contribution < 1.29 is 0 Å². The molecule has 0 saturated heterocycles. The second-order valence-electron chi connectivity index (χ2n) is 4.23. The molecule has 0 spiro atoms. The third-order valence-corrected chi connectivity index (χ3v) is 4.51. The molecule has 88 valence electrons. The van der Waals surface area contributed by atoms with Crippen LogP contribution in [0.25, 0.3) is 0 Å². The van der Waals surface area contributed by atoms with Crippen molar-refractivity contribution in [1.82, 2.24) is 5.43 Å². The largest absolute Gasteiger partial charge is 0.271 e. The van der Waals surface area contributed by atoms with Gasteiger partial charge in [-0.3, -0.25) is 11.3 Å². The SMILES string of the molecule is NNC(CSc1cccc(Cl)c1)C1CCC1. The molecular weight excluding hydrogens is 240 g/mol. The highest BCUT2D eigenvalue weighted by Gasteiger charge is 2.26. The molecule has 1 atom stereocenters. The Bertz CT molecular complexity index is 342. The van der Waals surface area contributed by atoms with Gasteiger partial charge in [-0.15, -0.1) is 11.8 Å². The zero-order valence-electron chi connectivity index (χ0n) is 9.16. The number of nitrogens with two attached hydrogens (primary N) is 1. The van der Waals surface area contributed by atoms with E-state index in [1.807, 2.05) is 30.0 Å². The van der Waals surface area contributed by atoms with E-state index in [1.165, 1.54) is 24.2 Å². The zero-order valence-corrected chi connectivity index (χ0v) is 10.7. The fourth-order valence-electron chi connectivity index (χ4n) is 1.91. The summed E-state index contributed by atoms with van der Waals surface area (Å²) in [6, 6.07) is 8.40. The van der Waals surface area contributed by atoms with Crippen molar-refractivity contribution in [3.05, 3.63) is 29.3 Å². The van der Waals surface area contributed by atoms with Crippen LogP contribution in [0, 0.1) is 5.92 Å². The second kappa shape index (κ2) is 5.92. The molecule has 2 nitrogen and oxygen atoms in total. The normalized spacial score (nSPS) is 18.1. The van der Waals surface area contributed by atoms with Gasteiger partial charge in [0.1, 0.15) is 0 Å². The number of hydrogen-bond acceptors (Lipinski definition) is 3. The topological polar surface area (TPSA) is 38.0 Å². The number of thioether (sulfide) groups is 1. The van der Waals surface area contributed by atoms with Gasteiger partial charge in [-0.2, -0.15) is 0 Å². The van der Waals surface area contributed by atoms with Crippen molar-refractivity contribution in [2.24, 2.45) is 11.8 Å². The first-order valence-corrected chi connectivity index (χ1v) is 7.00. The van der Waals surface area contributed by atoms with E-state index in [9.17, 15) is 0 Å². The van der Waals surface area contributed by atoms with Crippen molar-refractivity contribution in [2.45, 2.75) is 30.2 Å². The first-order valence-electron chi connectivity index (χ1n) is 5.64. The van der Waals surface area contributed by atoms with Crippen molar-refractivity contribution in [3.8, 4) is 0 Å². The van der Waals surface area contributed by atoms with Crippen molar-refractivity contribution in [1.29, 1.82) is 0 Å². The van der Waals surface area contributed by atoms with E-state index in [4.69, 9.17) is 17.4 Å². The van der Waals surface area contributed by atoms with Gasteiger partial charge in [0.05, 0.1) is 0 Å².